The maximum absolute atomic E-state index is 12.0. The summed E-state index contributed by atoms with van der Waals surface area (Å²) in [6.07, 6.45) is 3.53. The SMILES string of the molecule is O=C1NCCCc2[nH]c(-c3ccnc4ccccc34)nc21. The van der Waals surface area contributed by atoms with E-state index in [0.717, 1.165) is 40.8 Å². The molecule has 0 saturated heterocycles. The summed E-state index contributed by atoms with van der Waals surface area (Å²) in [5, 5.41) is 3.90. The summed E-state index contributed by atoms with van der Waals surface area (Å²) in [5.41, 5.74) is 3.33. The van der Waals surface area contributed by atoms with Crippen molar-refractivity contribution in [3.05, 3.63) is 47.9 Å². The van der Waals surface area contributed by atoms with Crippen molar-refractivity contribution in [1.82, 2.24) is 20.3 Å². The van der Waals surface area contributed by atoms with Gasteiger partial charge in [0.15, 0.2) is 0 Å². The zero-order chi connectivity index (χ0) is 14.2. The first-order chi connectivity index (χ1) is 10.3. The van der Waals surface area contributed by atoms with E-state index in [9.17, 15) is 4.79 Å². The Hall–Kier alpha value is -2.69. The number of nitrogens with one attached hydrogen (secondary N) is 2. The van der Waals surface area contributed by atoms with Crippen LogP contribution in [0.3, 0.4) is 0 Å². The molecule has 21 heavy (non-hydrogen) atoms. The number of hydrogen-bond acceptors (Lipinski definition) is 3. The molecule has 0 fully saturated rings. The number of carbonyl (C=O) groups excluding carboxylic acids is 1. The smallest absolute Gasteiger partial charge is 0.271 e. The molecule has 1 aliphatic rings. The second kappa shape index (κ2) is 4.70. The molecule has 1 aromatic carbocycles. The van der Waals surface area contributed by atoms with Crippen LogP contribution in [0.4, 0.5) is 0 Å². The molecule has 0 bridgehead atoms. The van der Waals surface area contributed by atoms with Crippen molar-refractivity contribution in [2.24, 2.45) is 0 Å². The van der Waals surface area contributed by atoms with E-state index in [0.29, 0.717) is 12.2 Å². The average molecular weight is 278 g/mol. The van der Waals surface area contributed by atoms with E-state index < -0.39 is 0 Å². The first-order valence-electron chi connectivity index (χ1n) is 7.04. The Morgan fingerprint density at radius 3 is 3.00 bits per heavy atom. The number of carbonyl (C=O) groups is 1. The second-order valence-corrected chi connectivity index (χ2v) is 5.15. The first-order valence-corrected chi connectivity index (χ1v) is 7.04. The van der Waals surface area contributed by atoms with Crippen molar-refractivity contribution < 1.29 is 4.79 Å². The summed E-state index contributed by atoms with van der Waals surface area (Å²) < 4.78 is 0. The maximum atomic E-state index is 12.0. The van der Waals surface area contributed by atoms with Gasteiger partial charge in [-0.1, -0.05) is 18.2 Å². The first kappa shape index (κ1) is 12.1. The van der Waals surface area contributed by atoms with E-state index in [1.165, 1.54) is 0 Å². The van der Waals surface area contributed by atoms with Gasteiger partial charge in [-0.15, -0.1) is 0 Å². The Bertz CT molecular complexity index is 832. The predicted molar refractivity (Wildman–Crippen MR) is 80.0 cm³/mol. The van der Waals surface area contributed by atoms with E-state index in [1.54, 1.807) is 6.20 Å². The van der Waals surface area contributed by atoms with Gasteiger partial charge in [0.2, 0.25) is 0 Å². The van der Waals surface area contributed by atoms with Crippen LogP contribution in [0, 0.1) is 0 Å². The Morgan fingerprint density at radius 2 is 2.05 bits per heavy atom. The number of aromatic amines is 1. The molecule has 2 aromatic heterocycles. The number of para-hydroxylation sites is 1. The van der Waals surface area contributed by atoms with Crippen LogP contribution >= 0.6 is 0 Å². The zero-order valence-electron chi connectivity index (χ0n) is 11.4. The number of fused-ring (bicyclic) bond motifs is 2. The van der Waals surface area contributed by atoms with Crippen molar-refractivity contribution in [2.75, 3.05) is 6.54 Å². The lowest BCUT2D eigenvalue weighted by molar-refractivity contribution is 0.0951. The minimum Gasteiger partial charge on any atom is -0.351 e. The highest BCUT2D eigenvalue weighted by atomic mass is 16.1. The van der Waals surface area contributed by atoms with Crippen molar-refractivity contribution in [3.63, 3.8) is 0 Å². The number of benzene rings is 1. The minimum absolute atomic E-state index is 0.0941. The van der Waals surface area contributed by atoms with Gasteiger partial charge in [0, 0.05) is 29.4 Å². The maximum Gasteiger partial charge on any atom is 0.271 e. The average Bonchev–Trinajstić information content (AvgIpc) is 2.87. The van der Waals surface area contributed by atoms with Crippen LogP contribution in [-0.2, 0) is 6.42 Å². The summed E-state index contributed by atoms with van der Waals surface area (Å²) in [6, 6.07) is 9.86. The molecule has 3 aromatic rings. The van der Waals surface area contributed by atoms with E-state index in [-0.39, 0.29) is 5.91 Å². The molecule has 0 aliphatic carbocycles. The van der Waals surface area contributed by atoms with E-state index in [1.807, 2.05) is 30.3 Å². The van der Waals surface area contributed by atoms with Crippen LogP contribution in [-0.4, -0.2) is 27.4 Å². The van der Waals surface area contributed by atoms with Crippen LogP contribution in [0.5, 0.6) is 0 Å². The summed E-state index contributed by atoms with van der Waals surface area (Å²) in [7, 11) is 0. The van der Waals surface area contributed by atoms with Gasteiger partial charge in [-0.3, -0.25) is 9.78 Å². The lowest BCUT2D eigenvalue weighted by Crippen LogP contribution is -2.23. The number of nitrogens with zero attached hydrogens (tertiary/aromatic N) is 2. The number of hydrogen-bond donors (Lipinski definition) is 2. The number of amides is 1. The lowest BCUT2D eigenvalue weighted by Gasteiger charge is -2.03. The van der Waals surface area contributed by atoms with Gasteiger partial charge in [-0.05, 0) is 25.0 Å². The van der Waals surface area contributed by atoms with Crippen LogP contribution in [0.25, 0.3) is 22.3 Å². The summed E-state index contributed by atoms with van der Waals surface area (Å²) in [6.45, 7) is 0.705. The highest BCUT2D eigenvalue weighted by Crippen LogP contribution is 2.26. The highest BCUT2D eigenvalue weighted by Gasteiger charge is 2.21. The molecule has 104 valence electrons. The van der Waals surface area contributed by atoms with Crippen LogP contribution < -0.4 is 5.32 Å². The van der Waals surface area contributed by atoms with Gasteiger partial charge in [0.1, 0.15) is 11.5 Å². The fourth-order valence-electron chi connectivity index (χ4n) is 2.76. The molecular weight excluding hydrogens is 264 g/mol. The van der Waals surface area contributed by atoms with Gasteiger partial charge in [-0.2, -0.15) is 0 Å². The van der Waals surface area contributed by atoms with Crippen molar-refractivity contribution in [1.29, 1.82) is 0 Å². The third-order valence-electron chi connectivity index (χ3n) is 3.79. The van der Waals surface area contributed by atoms with Crippen molar-refractivity contribution >= 4 is 16.8 Å². The largest absolute Gasteiger partial charge is 0.351 e. The van der Waals surface area contributed by atoms with Gasteiger partial charge in [0.25, 0.3) is 5.91 Å². The van der Waals surface area contributed by atoms with Gasteiger partial charge < -0.3 is 10.3 Å². The summed E-state index contributed by atoms with van der Waals surface area (Å²) in [5.74, 6) is 0.638. The fourth-order valence-corrected chi connectivity index (χ4v) is 2.76. The molecule has 1 amide bonds. The third kappa shape index (κ3) is 1.98. The number of pyridine rings is 1. The Morgan fingerprint density at radius 1 is 1.14 bits per heavy atom. The molecule has 0 saturated carbocycles. The highest BCUT2D eigenvalue weighted by molar-refractivity contribution is 5.96. The molecule has 0 radical (unpaired) electrons. The molecule has 2 N–H and O–H groups in total. The van der Waals surface area contributed by atoms with Crippen molar-refractivity contribution in [2.45, 2.75) is 12.8 Å². The number of aromatic nitrogens is 3. The predicted octanol–water partition coefficient (Wildman–Crippen LogP) is 2.30. The molecule has 0 unspecified atom stereocenters. The van der Waals surface area contributed by atoms with Crippen LogP contribution in [0.1, 0.15) is 22.6 Å². The topological polar surface area (TPSA) is 70.7 Å². The number of rotatable bonds is 1. The summed E-state index contributed by atoms with van der Waals surface area (Å²) in [4.78, 5) is 24.2. The molecule has 5 heteroatoms. The summed E-state index contributed by atoms with van der Waals surface area (Å²) >= 11 is 0. The number of aryl methyl sites for hydroxylation is 1. The van der Waals surface area contributed by atoms with Crippen LogP contribution in [0.2, 0.25) is 0 Å². The Labute approximate surface area is 121 Å². The normalized spacial score (nSPS) is 14.6. The number of H-pyrrole nitrogens is 1. The van der Waals surface area contributed by atoms with E-state index in [2.05, 4.69) is 20.3 Å². The number of imidazole rings is 1. The monoisotopic (exact) mass is 278 g/mol. The fraction of sp³-hybridized carbons (Fsp3) is 0.188. The molecule has 5 nitrogen and oxygen atoms in total. The second-order valence-electron chi connectivity index (χ2n) is 5.15. The van der Waals surface area contributed by atoms with Gasteiger partial charge in [-0.25, -0.2) is 4.98 Å². The van der Waals surface area contributed by atoms with Crippen molar-refractivity contribution in [3.8, 4) is 11.4 Å². The van der Waals surface area contributed by atoms with E-state index >= 15 is 0 Å². The molecule has 3 heterocycles. The Balaban J connectivity index is 1.90. The molecular formula is C16H14N4O. The third-order valence-corrected chi connectivity index (χ3v) is 3.79. The molecule has 1 aliphatic heterocycles. The minimum atomic E-state index is -0.0941. The standard InChI is InChI=1S/C16H14N4O/c21-16-14-13(6-3-8-18-16)19-15(20-14)11-7-9-17-12-5-2-1-4-10(11)12/h1-2,4-5,7,9H,3,6,8H2,(H,18,21)(H,19,20). The molecule has 0 atom stereocenters. The van der Waals surface area contributed by atoms with E-state index in [4.69, 9.17) is 0 Å². The Kier molecular flexibility index (Phi) is 2.70. The van der Waals surface area contributed by atoms with Crippen LogP contribution in [0.15, 0.2) is 36.5 Å². The zero-order valence-corrected chi connectivity index (χ0v) is 11.4. The van der Waals surface area contributed by atoms with Gasteiger partial charge >= 0.3 is 0 Å². The lowest BCUT2D eigenvalue weighted by atomic mass is 10.1. The molecule has 0 spiro atoms. The quantitative estimate of drug-likeness (QED) is 0.717. The van der Waals surface area contributed by atoms with Gasteiger partial charge in [0.05, 0.1) is 5.52 Å². The molecule has 4 rings (SSSR count).